The molecule has 3 rings (SSSR count). The van der Waals surface area contributed by atoms with Gasteiger partial charge in [0.05, 0.1) is 23.4 Å². The molecule has 1 amide bonds. The van der Waals surface area contributed by atoms with Crippen LogP contribution < -0.4 is 10.6 Å². The van der Waals surface area contributed by atoms with E-state index in [1.807, 2.05) is 0 Å². The fourth-order valence-electron chi connectivity index (χ4n) is 2.43. The van der Waals surface area contributed by atoms with Crippen LogP contribution in [0.25, 0.3) is 0 Å². The molecule has 1 heterocycles. The van der Waals surface area contributed by atoms with Crippen LogP contribution in [0, 0.1) is 6.92 Å². The van der Waals surface area contributed by atoms with Gasteiger partial charge < -0.3 is 15.4 Å². The minimum Gasteiger partial charge on any atom is -0.465 e. The molecule has 0 saturated heterocycles. The van der Waals surface area contributed by atoms with Gasteiger partial charge in [0.1, 0.15) is 5.69 Å². The van der Waals surface area contributed by atoms with Crippen LogP contribution in [-0.2, 0) is 4.74 Å². The summed E-state index contributed by atoms with van der Waals surface area (Å²) in [4.78, 5) is 32.6. The third-order valence-electron chi connectivity index (χ3n) is 3.77. The largest absolute Gasteiger partial charge is 0.465 e. The van der Waals surface area contributed by atoms with Crippen molar-refractivity contribution in [2.45, 2.75) is 6.92 Å². The summed E-state index contributed by atoms with van der Waals surface area (Å²) >= 11 is 6.08. The zero-order chi connectivity index (χ0) is 20.1. The number of anilines is 3. The molecule has 0 aliphatic heterocycles. The van der Waals surface area contributed by atoms with Crippen LogP contribution in [0.3, 0.4) is 0 Å². The summed E-state index contributed by atoms with van der Waals surface area (Å²) in [6, 6.07) is 15.2. The fourth-order valence-corrected chi connectivity index (χ4v) is 2.61. The lowest BCUT2D eigenvalue weighted by molar-refractivity contribution is 0.0600. The molecule has 2 N–H and O–H groups in total. The van der Waals surface area contributed by atoms with E-state index in [0.29, 0.717) is 27.7 Å². The molecule has 0 fully saturated rings. The second-order valence-electron chi connectivity index (χ2n) is 5.85. The van der Waals surface area contributed by atoms with E-state index in [4.69, 9.17) is 11.6 Å². The van der Waals surface area contributed by atoms with E-state index in [9.17, 15) is 9.59 Å². The van der Waals surface area contributed by atoms with Crippen molar-refractivity contribution in [3.8, 4) is 0 Å². The Morgan fingerprint density at radius 3 is 2.43 bits per heavy atom. The lowest BCUT2D eigenvalue weighted by Gasteiger charge is -2.10. The van der Waals surface area contributed by atoms with Crippen LogP contribution in [-0.4, -0.2) is 29.0 Å². The van der Waals surface area contributed by atoms with Gasteiger partial charge >= 0.3 is 5.97 Å². The number of ether oxygens (including phenoxy) is 1. The number of rotatable bonds is 5. The number of hydrogen-bond donors (Lipinski definition) is 2. The second-order valence-corrected chi connectivity index (χ2v) is 6.25. The molecule has 0 atom stereocenters. The molecule has 1 aromatic heterocycles. The first kappa shape index (κ1) is 19.3. The number of nitrogens with one attached hydrogen (secondary N) is 2. The van der Waals surface area contributed by atoms with Gasteiger partial charge in [-0.25, -0.2) is 14.8 Å². The lowest BCUT2D eigenvalue weighted by Crippen LogP contribution is -2.15. The molecule has 0 aliphatic carbocycles. The molecule has 2 aromatic carbocycles. The minimum atomic E-state index is -0.420. The Hall–Kier alpha value is -3.45. The number of aryl methyl sites for hydroxylation is 1. The molecule has 0 unspecified atom stereocenters. The highest BCUT2D eigenvalue weighted by atomic mass is 35.5. The topological polar surface area (TPSA) is 93.2 Å². The molecule has 142 valence electrons. The highest BCUT2D eigenvalue weighted by molar-refractivity contribution is 6.33. The van der Waals surface area contributed by atoms with Crippen molar-refractivity contribution < 1.29 is 14.3 Å². The predicted molar refractivity (Wildman–Crippen MR) is 107 cm³/mol. The van der Waals surface area contributed by atoms with Gasteiger partial charge in [-0.15, -0.1) is 0 Å². The van der Waals surface area contributed by atoms with E-state index in [1.165, 1.54) is 7.11 Å². The third-order valence-corrected chi connectivity index (χ3v) is 4.10. The molecular formula is C20H17ClN4O3. The van der Waals surface area contributed by atoms with E-state index >= 15 is 0 Å². The van der Waals surface area contributed by atoms with Gasteiger partial charge in [-0.2, -0.15) is 0 Å². The van der Waals surface area contributed by atoms with Crippen LogP contribution in [0.2, 0.25) is 5.02 Å². The summed E-state index contributed by atoms with van der Waals surface area (Å²) in [5.74, 6) is -0.560. The third kappa shape index (κ3) is 4.63. The van der Waals surface area contributed by atoms with Crippen LogP contribution in [0.4, 0.5) is 17.3 Å². The number of methoxy groups -OCH3 is 1. The standard InChI is InChI=1S/C20H17ClN4O3/c1-12-11-17(18(26)24-16-6-4-3-5-15(16)21)25-20(22-12)23-14-9-7-13(8-10-14)19(27)28-2/h3-11H,1-2H3,(H,24,26)(H,22,23,25). The van der Waals surface area contributed by atoms with Gasteiger partial charge in [0.2, 0.25) is 5.95 Å². The van der Waals surface area contributed by atoms with Crippen molar-refractivity contribution in [3.05, 3.63) is 76.6 Å². The van der Waals surface area contributed by atoms with Crippen LogP contribution in [0.5, 0.6) is 0 Å². The highest BCUT2D eigenvalue weighted by Crippen LogP contribution is 2.21. The number of carbonyl (C=O) groups is 2. The summed E-state index contributed by atoms with van der Waals surface area (Å²) in [6.07, 6.45) is 0. The molecule has 8 heteroatoms. The molecular weight excluding hydrogens is 380 g/mol. The Morgan fingerprint density at radius 1 is 1.04 bits per heavy atom. The lowest BCUT2D eigenvalue weighted by atomic mass is 10.2. The average Bonchev–Trinajstić information content (AvgIpc) is 2.69. The van der Waals surface area contributed by atoms with Gasteiger partial charge in [0.25, 0.3) is 5.91 Å². The fraction of sp³-hybridized carbons (Fsp3) is 0.100. The number of esters is 1. The molecule has 0 saturated carbocycles. The van der Waals surface area contributed by atoms with Crippen molar-refractivity contribution in [2.75, 3.05) is 17.7 Å². The number of nitrogens with zero attached hydrogens (tertiary/aromatic N) is 2. The predicted octanol–water partition coefficient (Wildman–Crippen LogP) is 4.22. The number of aromatic nitrogens is 2. The van der Waals surface area contributed by atoms with Gasteiger partial charge in [-0.05, 0) is 49.4 Å². The van der Waals surface area contributed by atoms with Crippen molar-refractivity contribution in [3.63, 3.8) is 0 Å². The first-order valence-corrected chi connectivity index (χ1v) is 8.71. The quantitative estimate of drug-likeness (QED) is 0.627. The molecule has 28 heavy (non-hydrogen) atoms. The molecule has 0 aliphatic rings. The average molecular weight is 397 g/mol. The maximum Gasteiger partial charge on any atom is 0.337 e. The van der Waals surface area contributed by atoms with Gasteiger partial charge in [0.15, 0.2) is 0 Å². The number of carbonyl (C=O) groups excluding carboxylic acids is 2. The molecule has 0 spiro atoms. The Kier molecular flexibility index (Phi) is 5.86. The highest BCUT2D eigenvalue weighted by Gasteiger charge is 2.13. The number of halogens is 1. The van der Waals surface area contributed by atoms with E-state index in [2.05, 4.69) is 25.3 Å². The summed E-state index contributed by atoms with van der Waals surface area (Å²) in [5.41, 5.74) is 2.40. The SMILES string of the molecule is COC(=O)c1ccc(Nc2nc(C)cc(C(=O)Nc3ccccc3Cl)n2)cc1. The van der Waals surface area contributed by atoms with Crippen molar-refractivity contribution in [1.82, 2.24) is 9.97 Å². The van der Waals surface area contributed by atoms with E-state index < -0.39 is 11.9 Å². The van der Waals surface area contributed by atoms with Crippen LogP contribution >= 0.6 is 11.6 Å². The normalized spacial score (nSPS) is 10.2. The van der Waals surface area contributed by atoms with Gasteiger partial charge in [0, 0.05) is 11.4 Å². The number of hydrogen-bond acceptors (Lipinski definition) is 6. The number of amides is 1. The molecule has 0 bridgehead atoms. The Balaban J connectivity index is 1.78. The zero-order valence-electron chi connectivity index (χ0n) is 15.2. The molecule has 7 nitrogen and oxygen atoms in total. The van der Waals surface area contributed by atoms with Crippen molar-refractivity contribution >= 4 is 40.8 Å². The Labute approximate surface area is 166 Å². The second kappa shape index (κ2) is 8.49. The van der Waals surface area contributed by atoms with Gasteiger partial charge in [-0.3, -0.25) is 4.79 Å². The zero-order valence-corrected chi connectivity index (χ0v) is 15.9. The van der Waals surface area contributed by atoms with Crippen molar-refractivity contribution in [1.29, 1.82) is 0 Å². The maximum absolute atomic E-state index is 12.5. The van der Waals surface area contributed by atoms with Crippen LogP contribution in [0.15, 0.2) is 54.6 Å². The molecule has 3 aromatic rings. The Bertz CT molecular complexity index is 1020. The van der Waals surface area contributed by atoms with Crippen LogP contribution in [0.1, 0.15) is 26.5 Å². The Morgan fingerprint density at radius 2 is 1.75 bits per heavy atom. The van der Waals surface area contributed by atoms with E-state index in [1.54, 1.807) is 61.5 Å². The smallest absolute Gasteiger partial charge is 0.337 e. The van der Waals surface area contributed by atoms with E-state index in [-0.39, 0.29) is 11.6 Å². The summed E-state index contributed by atoms with van der Waals surface area (Å²) in [6.45, 7) is 1.76. The first-order chi connectivity index (χ1) is 13.5. The monoisotopic (exact) mass is 396 g/mol. The summed E-state index contributed by atoms with van der Waals surface area (Å²) in [5, 5.41) is 6.19. The van der Waals surface area contributed by atoms with Crippen molar-refractivity contribution in [2.24, 2.45) is 0 Å². The minimum absolute atomic E-state index is 0.195. The number of para-hydroxylation sites is 1. The maximum atomic E-state index is 12.5. The van der Waals surface area contributed by atoms with Gasteiger partial charge in [-0.1, -0.05) is 23.7 Å². The summed E-state index contributed by atoms with van der Waals surface area (Å²) < 4.78 is 4.67. The van der Waals surface area contributed by atoms with E-state index in [0.717, 1.165) is 0 Å². The molecule has 0 radical (unpaired) electrons. The first-order valence-electron chi connectivity index (χ1n) is 8.33. The number of benzene rings is 2. The summed E-state index contributed by atoms with van der Waals surface area (Å²) in [7, 11) is 1.32.